The van der Waals surface area contributed by atoms with Gasteiger partial charge in [0.2, 0.25) is 0 Å². The van der Waals surface area contributed by atoms with Crippen LogP contribution in [0.15, 0.2) is 11.4 Å². The highest BCUT2D eigenvalue weighted by Crippen LogP contribution is 2.12. The number of nitrogens with one attached hydrogen (secondary N) is 1. The summed E-state index contributed by atoms with van der Waals surface area (Å²) in [4.78, 5) is 4.49. The Labute approximate surface area is 99.3 Å². The van der Waals surface area contributed by atoms with Gasteiger partial charge in [-0.15, -0.1) is 11.3 Å². The van der Waals surface area contributed by atoms with Crippen molar-refractivity contribution in [3.8, 4) is 0 Å². The molecule has 0 saturated heterocycles. The average molecular weight is 236 g/mol. The monoisotopic (exact) mass is 236 g/mol. The SMILES string of the molecule is CCc1nc(CNc2cc(C)n(C)n2)cs1. The van der Waals surface area contributed by atoms with Crippen molar-refractivity contribution in [3.63, 3.8) is 0 Å². The van der Waals surface area contributed by atoms with Crippen molar-refractivity contribution in [1.82, 2.24) is 14.8 Å². The summed E-state index contributed by atoms with van der Waals surface area (Å²) in [6.07, 6.45) is 1.01. The lowest BCUT2D eigenvalue weighted by Crippen LogP contribution is -2.01. The molecule has 0 aliphatic carbocycles. The van der Waals surface area contributed by atoms with E-state index in [0.717, 1.165) is 30.2 Å². The highest BCUT2D eigenvalue weighted by molar-refractivity contribution is 7.09. The van der Waals surface area contributed by atoms with E-state index in [1.165, 1.54) is 5.01 Å². The Morgan fingerprint density at radius 3 is 2.88 bits per heavy atom. The van der Waals surface area contributed by atoms with E-state index in [-0.39, 0.29) is 0 Å². The summed E-state index contributed by atoms with van der Waals surface area (Å²) in [5, 5.41) is 10.9. The first-order chi connectivity index (χ1) is 7.69. The van der Waals surface area contributed by atoms with E-state index in [4.69, 9.17) is 0 Å². The Hall–Kier alpha value is -1.36. The van der Waals surface area contributed by atoms with Crippen LogP contribution in [0.3, 0.4) is 0 Å². The van der Waals surface area contributed by atoms with Gasteiger partial charge in [0.25, 0.3) is 0 Å². The molecule has 86 valence electrons. The van der Waals surface area contributed by atoms with Gasteiger partial charge in [0.1, 0.15) is 5.82 Å². The first kappa shape index (κ1) is 11.1. The molecule has 5 heteroatoms. The third-order valence-electron chi connectivity index (χ3n) is 2.47. The maximum Gasteiger partial charge on any atom is 0.148 e. The molecule has 0 aliphatic rings. The van der Waals surface area contributed by atoms with E-state index in [1.807, 2.05) is 24.7 Å². The van der Waals surface area contributed by atoms with Crippen LogP contribution in [-0.2, 0) is 20.0 Å². The van der Waals surface area contributed by atoms with E-state index in [1.54, 1.807) is 11.3 Å². The molecule has 1 N–H and O–H groups in total. The van der Waals surface area contributed by atoms with Crippen molar-refractivity contribution in [2.75, 3.05) is 5.32 Å². The van der Waals surface area contributed by atoms with Gasteiger partial charge in [-0.05, 0) is 13.3 Å². The molecule has 4 nitrogen and oxygen atoms in total. The van der Waals surface area contributed by atoms with Crippen molar-refractivity contribution >= 4 is 17.2 Å². The van der Waals surface area contributed by atoms with Crippen LogP contribution in [0.2, 0.25) is 0 Å². The number of hydrogen-bond acceptors (Lipinski definition) is 4. The second-order valence-electron chi connectivity index (χ2n) is 3.73. The number of rotatable bonds is 4. The van der Waals surface area contributed by atoms with Crippen molar-refractivity contribution < 1.29 is 0 Å². The van der Waals surface area contributed by atoms with Gasteiger partial charge in [-0.3, -0.25) is 4.68 Å². The molecule has 0 aromatic carbocycles. The third-order valence-corrected chi connectivity index (χ3v) is 3.51. The summed E-state index contributed by atoms with van der Waals surface area (Å²) in [7, 11) is 1.94. The first-order valence-electron chi connectivity index (χ1n) is 5.37. The molecule has 2 aromatic rings. The number of aromatic nitrogens is 3. The number of hydrogen-bond donors (Lipinski definition) is 1. The maximum absolute atomic E-state index is 4.49. The van der Waals surface area contributed by atoms with Gasteiger partial charge in [0, 0.05) is 24.2 Å². The molecule has 2 rings (SSSR count). The summed E-state index contributed by atoms with van der Waals surface area (Å²) in [6.45, 7) is 4.90. The molecule has 16 heavy (non-hydrogen) atoms. The molecule has 0 spiro atoms. The minimum atomic E-state index is 0.743. The van der Waals surface area contributed by atoms with Crippen LogP contribution >= 0.6 is 11.3 Å². The molecular formula is C11H16N4S. The lowest BCUT2D eigenvalue weighted by Gasteiger charge is -1.98. The van der Waals surface area contributed by atoms with Crippen molar-refractivity contribution in [3.05, 3.63) is 27.8 Å². The van der Waals surface area contributed by atoms with E-state index >= 15 is 0 Å². The highest BCUT2D eigenvalue weighted by Gasteiger charge is 2.03. The van der Waals surface area contributed by atoms with Crippen LogP contribution in [0.5, 0.6) is 0 Å². The Balaban J connectivity index is 1.96. The zero-order valence-electron chi connectivity index (χ0n) is 9.82. The number of nitrogens with zero attached hydrogens (tertiary/aromatic N) is 3. The zero-order valence-corrected chi connectivity index (χ0v) is 10.6. The van der Waals surface area contributed by atoms with Crippen LogP contribution in [-0.4, -0.2) is 14.8 Å². The van der Waals surface area contributed by atoms with Gasteiger partial charge in [-0.25, -0.2) is 4.98 Å². The van der Waals surface area contributed by atoms with Crippen LogP contribution in [0, 0.1) is 6.92 Å². The van der Waals surface area contributed by atoms with E-state index in [0.29, 0.717) is 0 Å². The Kier molecular flexibility index (Phi) is 3.24. The topological polar surface area (TPSA) is 42.7 Å². The molecule has 0 saturated carbocycles. The standard InChI is InChI=1S/C11H16N4S/c1-4-11-13-9(7-16-11)6-12-10-5-8(2)15(3)14-10/h5,7H,4,6H2,1-3H3,(H,12,14). The van der Waals surface area contributed by atoms with Crippen molar-refractivity contribution in [2.45, 2.75) is 26.8 Å². The molecule has 0 fully saturated rings. The highest BCUT2D eigenvalue weighted by atomic mass is 32.1. The Bertz CT molecular complexity index is 453. The maximum atomic E-state index is 4.49. The smallest absolute Gasteiger partial charge is 0.148 e. The van der Waals surface area contributed by atoms with Gasteiger partial charge in [-0.2, -0.15) is 5.10 Å². The van der Waals surface area contributed by atoms with Crippen LogP contribution in [0.25, 0.3) is 0 Å². The molecular weight excluding hydrogens is 220 g/mol. The number of aryl methyl sites for hydroxylation is 3. The fourth-order valence-electron chi connectivity index (χ4n) is 1.42. The van der Waals surface area contributed by atoms with Crippen LogP contribution < -0.4 is 5.32 Å². The van der Waals surface area contributed by atoms with E-state index in [9.17, 15) is 0 Å². The minimum absolute atomic E-state index is 0.743. The number of thiazole rings is 1. The second kappa shape index (κ2) is 4.65. The molecule has 2 heterocycles. The Morgan fingerprint density at radius 1 is 1.50 bits per heavy atom. The molecule has 0 radical (unpaired) electrons. The van der Waals surface area contributed by atoms with Crippen LogP contribution in [0.4, 0.5) is 5.82 Å². The largest absolute Gasteiger partial charge is 0.363 e. The lowest BCUT2D eigenvalue weighted by molar-refractivity contribution is 0.740. The average Bonchev–Trinajstić information content (AvgIpc) is 2.84. The third kappa shape index (κ3) is 2.41. The molecule has 0 atom stereocenters. The van der Waals surface area contributed by atoms with Crippen molar-refractivity contribution in [2.24, 2.45) is 7.05 Å². The van der Waals surface area contributed by atoms with E-state index < -0.39 is 0 Å². The van der Waals surface area contributed by atoms with E-state index in [2.05, 4.69) is 27.7 Å². The van der Waals surface area contributed by atoms with Gasteiger partial charge in [0.15, 0.2) is 0 Å². The van der Waals surface area contributed by atoms with Gasteiger partial charge in [0.05, 0.1) is 17.2 Å². The van der Waals surface area contributed by atoms with Gasteiger partial charge in [-0.1, -0.05) is 6.92 Å². The minimum Gasteiger partial charge on any atom is -0.363 e. The van der Waals surface area contributed by atoms with Gasteiger partial charge >= 0.3 is 0 Å². The predicted molar refractivity (Wildman–Crippen MR) is 66.8 cm³/mol. The zero-order chi connectivity index (χ0) is 11.5. The molecule has 0 amide bonds. The number of anilines is 1. The molecule has 2 aromatic heterocycles. The predicted octanol–water partition coefficient (Wildman–Crippen LogP) is 2.36. The normalized spacial score (nSPS) is 10.7. The summed E-state index contributed by atoms with van der Waals surface area (Å²) in [5.74, 6) is 0.908. The summed E-state index contributed by atoms with van der Waals surface area (Å²) >= 11 is 1.72. The molecule has 0 unspecified atom stereocenters. The van der Waals surface area contributed by atoms with Gasteiger partial charge < -0.3 is 5.32 Å². The summed E-state index contributed by atoms with van der Waals surface area (Å²) in [6, 6.07) is 2.03. The fourth-order valence-corrected chi connectivity index (χ4v) is 2.17. The summed E-state index contributed by atoms with van der Waals surface area (Å²) < 4.78 is 1.86. The summed E-state index contributed by atoms with van der Waals surface area (Å²) in [5.41, 5.74) is 2.24. The molecule has 0 aliphatic heterocycles. The first-order valence-corrected chi connectivity index (χ1v) is 6.24. The fraction of sp³-hybridized carbons (Fsp3) is 0.455. The lowest BCUT2D eigenvalue weighted by atomic mass is 10.4. The quantitative estimate of drug-likeness (QED) is 0.886. The van der Waals surface area contributed by atoms with Crippen molar-refractivity contribution in [1.29, 1.82) is 0 Å². The van der Waals surface area contributed by atoms with Crippen LogP contribution in [0.1, 0.15) is 23.3 Å². The second-order valence-corrected chi connectivity index (χ2v) is 4.68. The molecule has 0 bridgehead atoms. The Morgan fingerprint density at radius 2 is 2.31 bits per heavy atom.